The Morgan fingerprint density at radius 3 is 2.52 bits per heavy atom. The summed E-state index contributed by atoms with van der Waals surface area (Å²) in [4.78, 5) is 12.2. The number of aromatic nitrogens is 4. The van der Waals surface area contributed by atoms with Crippen LogP contribution in [0.25, 0.3) is 0 Å². The fourth-order valence-corrected chi connectivity index (χ4v) is 3.97. The second-order valence-electron chi connectivity index (χ2n) is 7.51. The highest BCUT2D eigenvalue weighted by atomic mass is 15.3. The molecule has 0 spiro atoms. The number of hydrogen-bond donors (Lipinski definition) is 0. The second kappa shape index (κ2) is 6.90. The fraction of sp³-hybridized carbons (Fsp3) is 0.667. The van der Waals surface area contributed by atoms with Gasteiger partial charge >= 0.3 is 0 Å². The van der Waals surface area contributed by atoms with Gasteiger partial charge in [-0.3, -0.25) is 14.5 Å². The first-order valence-electron chi connectivity index (χ1n) is 9.27. The van der Waals surface area contributed by atoms with Crippen LogP contribution in [0.5, 0.6) is 0 Å². The lowest BCUT2D eigenvalue weighted by atomic mass is 10.2. The van der Waals surface area contributed by atoms with Crippen LogP contribution in [0.3, 0.4) is 0 Å². The maximum absolute atomic E-state index is 4.78. The average molecular weight is 343 g/mol. The van der Waals surface area contributed by atoms with Crippen LogP contribution in [-0.2, 0) is 26.7 Å². The number of likely N-dealkylation sites (N-methyl/N-ethyl adjacent to an activating group) is 1. The van der Waals surface area contributed by atoms with Crippen molar-refractivity contribution in [3.8, 4) is 0 Å². The molecule has 1 fully saturated rings. The maximum Gasteiger partial charge on any atom is 0.126 e. The Bertz CT molecular complexity index is 711. The number of imidazole rings is 1. The largest absolute Gasteiger partial charge is 0.328 e. The predicted octanol–water partition coefficient (Wildman–Crippen LogP) is 0.941. The lowest BCUT2D eigenvalue weighted by Crippen LogP contribution is -2.44. The zero-order valence-electron chi connectivity index (χ0n) is 15.6. The molecule has 0 aromatic carbocycles. The second-order valence-corrected chi connectivity index (χ2v) is 7.51. The minimum Gasteiger partial charge on any atom is -0.328 e. The quantitative estimate of drug-likeness (QED) is 0.827. The molecule has 0 N–H and O–H groups in total. The zero-order valence-corrected chi connectivity index (χ0v) is 15.6. The van der Waals surface area contributed by atoms with Crippen molar-refractivity contribution in [1.29, 1.82) is 0 Å². The molecule has 4 rings (SSSR count). The average Bonchev–Trinajstić information content (AvgIpc) is 3.19. The third kappa shape index (κ3) is 3.49. The summed E-state index contributed by atoms with van der Waals surface area (Å²) in [5.41, 5.74) is 2.64. The van der Waals surface area contributed by atoms with Crippen molar-refractivity contribution in [2.75, 3.05) is 39.8 Å². The number of fused-ring (bicyclic) bond motifs is 1. The van der Waals surface area contributed by atoms with E-state index in [4.69, 9.17) is 4.98 Å². The van der Waals surface area contributed by atoms with Crippen molar-refractivity contribution < 1.29 is 0 Å². The number of rotatable bonds is 4. The van der Waals surface area contributed by atoms with E-state index < -0.39 is 0 Å². The summed E-state index contributed by atoms with van der Waals surface area (Å²) < 4.78 is 4.32. The van der Waals surface area contributed by atoms with E-state index in [1.54, 1.807) is 0 Å². The van der Waals surface area contributed by atoms with Crippen molar-refractivity contribution in [2.24, 2.45) is 7.05 Å². The van der Waals surface area contributed by atoms with Crippen LogP contribution >= 0.6 is 0 Å². The summed E-state index contributed by atoms with van der Waals surface area (Å²) in [6, 6.07) is 0.343. The maximum atomic E-state index is 4.78. The Morgan fingerprint density at radius 2 is 1.80 bits per heavy atom. The summed E-state index contributed by atoms with van der Waals surface area (Å²) in [5.74, 6) is 1.21. The van der Waals surface area contributed by atoms with E-state index in [0.29, 0.717) is 6.04 Å². The van der Waals surface area contributed by atoms with Gasteiger partial charge in [-0.15, -0.1) is 0 Å². The molecule has 2 aromatic rings. The Hall–Kier alpha value is -1.70. The number of piperazine rings is 1. The van der Waals surface area contributed by atoms with Gasteiger partial charge in [0.25, 0.3) is 0 Å². The van der Waals surface area contributed by atoms with Gasteiger partial charge in [-0.1, -0.05) is 0 Å². The summed E-state index contributed by atoms with van der Waals surface area (Å²) in [7, 11) is 4.18. The Morgan fingerprint density at radius 1 is 1.00 bits per heavy atom. The predicted molar refractivity (Wildman–Crippen MR) is 97.0 cm³/mol. The van der Waals surface area contributed by atoms with E-state index in [2.05, 4.69) is 50.7 Å². The lowest BCUT2D eigenvalue weighted by molar-refractivity contribution is 0.136. The lowest BCUT2D eigenvalue weighted by Gasteiger charge is -2.35. The molecule has 2 aliphatic rings. The van der Waals surface area contributed by atoms with Crippen molar-refractivity contribution in [3.63, 3.8) is 0 Å². The summed E-state index contributed by atoms with van der Waals surface area (Å²) in [6.45, 7) is 11.0. The fourth-order valence-electron chi connectivity index (χ4n) is 3.97. The molecule has 0 bridgehead atoms. The van der Waals surface area contributed by atoms with Gasteiger partial charge < -0.3 is 9.47 Å². The third-order valence-electron chi connectivity index (χ3n) is 5.63. The monoisotopic (exact) mass is 343 g/mol. The van der Waals surface area contributed by atoms with Gasteiger partial charge in [-0.2, -0.15) is 5.10 Å². The van der Waals surface area contributed by atoms with Gasteiger partial charge in [-0.05, 0) is 14.0 Å². The molecule has 4 heterocycles. The molecule has 136 valence electrons. The van der Waals surface area contributed by atoms with Crippen LogP contribution in [0, 0.1) is 0 Å². The summed E-state index contributed by atoms with van der Waals surface area (Å²) >= 11 is 0. The molecule has 2 aromatic heterocycles. The van der Waals surface area contributed by atoms with Crippen LogP contribution in [0.2, 0.25) is 0 Å². The van der Waals surface area contributed by atoms with E-state index in [1.165, 1.54) is 17.1 Å². The van der Waals surface area contributed by atoms with Crippen molar-refractivity contribution in [2.45, 2.75) is 32.6 Å². The number of nitrogens with zero attached hydrogens (tertiary/aromatic N) is 7. The molecule has 0 radical (unpaired) electrons. The molecular weight excluding hydrogens is 314 g/mol. The molecule has 7 nitrogen and oxygen atoms in total. The van der Waals surface area contributed by atoms with Crippen LogP contribution in [0.4, 0.5) is 0 Å². The van der Waals surface area contributed by atoms with Crippen LogP contribution in [-0.4, -0.2) is 73.8 Å². The molecule has 1 atom stereocenters. The SMILES string of the molecule is CC1c2ncc(CN3CCN(C)CC3)n2CCN1Cc1cnn(C)c1. The van der Waals surface area contributed by atoms with E-state index in [9.17, 15) is 0 Å². The summed E-state index contributed by atoms with van der Waals surface area (Å²) in [6.07, 6.45) is 6.16. The first-order chi connectivity index (χ1) is 12.1. The van der Waals surface area contributed by atoms with Gasteiger partial charge in [0.2, 0.25) is 0 Å². The highest BCUT2D eigenvalue weighted by Crippen LogP contribution is 2.27. The Labute approximate surface area is 149 Å². The first kappa shape index (κ1) is 16.8. The molecule has 1 saturated heterocycles. The number of aryl methyl sites for hydroxylation is 1. The van der Waals surface area contributed by atoms with E-state index in [-0.39, 0.29) is 0 Å². The van der Waals surface area contributed by atoms with E-state index >= 15 is 0 Å². The van der Waals surface area contributed by atoms with Gasteiger partial charge in [0.1, 0.15) is 5.82 Å². The normalized spacial score (nSPS) is 23.1. The molecule has 2 aliphatic heterocycles. The highest BCUT2D eigenvalue weighted by molar-refractivity contribution is 5.13. The standard InChI is InChI=1S/C18H29N7/c1-15-18-19-11-17(14-23-6-4-21(2)5-7-23)25(18)9-8-24(15)13-16-10-20-22(3)12-16/h10-12,15H,4-9,13-14H2,1-3H3. The van der Waals surface area contributed by atoms with Gasteiger partial charge in [0.15, 0.2) is 0 Å². The Kier molecular flexibility index (Phi) is 4.62. The molecule has 0 aliphatic carbocycles. The van der Waals surface area contributed by atoms with E-state index in [0.717, 1.165) is 52.4 Å². The number of hydrogen-bond acceptors (Lipinski definition) is 5. The topological polar surface area (TPSA) is 45.4 Å². The Balaban J connectivity index is 1.43. The molecule has 0 saturated carbocycles. The van der Waals surface area contributed by atoms with Crippen LogP contribution in [0.1, 0.15) is 30.0 Å². The van der Waals surface area contributed by atoms with Crippen molar-refractivity contribution in [1.82, 2.24) is 34.0 Å². The minimum absolute atomic E-state index is 0.343. The molecule has 7 heteroatoms. The highest BCUT2D eigenvalue weighted by Gasteiger charge is 2.28. The third-order valence-corrected chi connectivity index (χ3v) is 5.63. The van der Waals surface area contributed by atoms with Gasteiger partial charge in [0, 0.05) is 77.4 Å². The van der Waals surface area contributed by atoms with Gasteiger partial charge in [-0.25, -0.2) is 4.98 Å². The smallest absolute Gasteiger partial charge is 0.126 e. The molecule has 25 heavy (non-hydrogen) atoms. The molecule has 0 amide bonds. The molecular formula is C18H29N7. The van der Waals surface area contributed by atoms with Crippen molar-refractivity contribution in [3.05, 3.63) is 35.7 Å². The minimum atomic E-state index is 0.343. The van der Waals surface area contributed by atoms with Crippen LogP contribution in [0.15, 0.2) is 18.6 Å². The van der Waals surface area contributed by atoms with E-state index in [1.807, 2.05) is 17.9 Å². The van der Waals surface area contributed by atoms with Crippen molar-refractivity contribution >= 4 is 0 Å². The van der Waals surface area contributed by atoms with Gasteiger partial charge in [0.05, 0.1) is 17.9 Å². The summed E-state index contributed by atoms with van der Waals surface area (Å²) in [5, 5.41) is 4.29. The zero-order chi connectivity index (χ0) is 17.4. The molecule has 1 unspecified atom stereocenters. The van der Waals surface area contributed by atoms with Crippen LogP contribution < -0.4 is 0 Å². The first-order valence-corrected chi connectivity index (χ1v) is 9.27.